The predicted molar refractivity (Wildman–Crippen MR) is 61.2 cm³/mol. The van der Waals surface area contributed by atoms with E-state index in [0.29, 0.717) is 24.0 Å². The zero-order valence-corrected chi connectivity index (χ0v) is 9.64. The zero-order valence-electron chi connectivity index (χ0n) is 9.64. The van der Waals surface area contributed by atoms with Gasteiger partial charge in [0.2, 0.25) is 0 Å². The quantitative estimate of drug-likeness (QED) is 0.726. The Bertz CT molecular complexity index is 530. The van der Waals surface area contributed by atoms with Crippen LogP contribution in [0.1, 0.15) is 29.5 Å². The summed E-state index contributed by atoms with van der Waals surface area (Å²) in [5.74, 6) is 0.766. The Morgan fingerprint density at radius 1 is 1.59 bits per heavy atom. The molecule has 3 atom stereocenters. The molecule has 1 saturated carbocycles. The van der Waals surface area contributed by atoms with Crippen molar-refractivity contribution in [2.24, 2.45) is 11.8 Å². The molecule has 3 nitrogen and oxygen atoms in total. The highest BCUT2D eigenvalue weighted by atomic mass is 16.5. The fraction of sp³-hybridized carbons (Fsp3) is 0.429. The van der Waals surface area contributed by atoms with E-state index in [4.69, 9.17) is 10.00 Å². The number of esters is 1. The molecule has 0 amide bonds. The average molecular weight is 227 g/mol. The molecule has 1 aromatic rings. The molecule has 0 saturated heterocycles. The molecule has 1 aromatic carbocycles. The molecular formula is C14H13NO2. The summed E-state index contributed by atoms with van der Waals surface area (Å²) in [5.41, 5.74) is 3.18. The Morgan fingerprint density at radius 3 is 3.12 bits per heavy atom. The second-order valence-electron chi connectivity index (χ2n) is 4.70. The van der Waals surface area contributed by atoms with Gasteiger partial charge in [0.15, 0.2) is 0 Å². The second kappa shape index (κ2) is 3.59. The average Bonchev–Trinajstić information content (AvgIpc) is 2.92. The minimum atomic E-state index is -0.0579. The van der Waals surface area contributed by atoms with Crippen LogP contribution in [0.2, 0.25) is 0 Å². The number of nitriles is 1. The lowest BCUT2D eigenvalue weighted by Crippen LogP contribution is -2.10. The third kappa shape index (κ3) is 1.44. The first-order chi connectivity index (χ1) is 8.26. The van der Waals surface area contributed by atoms with Crippen molar-refractivity contribution < 1.29 is 9.53 Å². The van der Waals surface area contributed by atoms with Gasteiger partial charge in [-0.05, 0) is 42.5 Å². The highest BCUT2D eigenvalue weighted by Gasteiger charge is 2.60. The van der Waals surface area contributed by atoms with Crippen molar-refractivity contribution in [2.75, 3.05) is 6.61 Å². The standard InChI is InChI=1S/C14H13NO2/c1-2-17-14(16)13-11-6-9-5-8(7-15)3-4-10(9)12(11)13/h3-5,11-13H,2,6H2,1H3/t11-,12+,13?/m0/s1. The number of ether oxygens (including phenoxy) is 1. The minimum absolute atomic E-state index is 0.0579. The SMILES string of the molecule is CCOC(=O)C1[C@H]2Cc3cc(C#N)ccc3[C@@H]12. The van der Waals surface area contributed by atoms with Crippen LogP contribution in [0.15, 0.2) is 18.2 Å². The smallest absolute Gasteiger partial charge is 0.309 e. The molecular weight excluding hydrogens is 214 g/mol. The van der Waals surface area contributed by atoms with E-state index in [2.05, 4.69) is 6.07 Å². The highest BCUT2D eigenvalue weighted by molar-refractivity contribution is 5.79. The predicted octanol–water partition coefficient (Wildman–Crippen LogP) is 2.01. The number of rotatable bonds is 2. The van der Waals surface area contributed by atoms with Gasteiger partial charge >= 0.3 is 5.97 Å². The van der Waals surface area contributed by atoms with E-state index in [1.54, 1.807) is 0 Å². The molecule has 0 spiro atoms. The molecule has 0 heterocycles. The highest BCUT2D eigenvalue weighted by Crippen LogP contribution is 2.61. The first-order valence-electron chi connectivity index (χ1n) is 5.95. The Morgan fingerprint density at radius 2 is 2.41 bits per heavy atom. The largest absolute Gasteiger partial charge is 0.466 e. The van der Waals surface area contributed by atoms with Gasteiger partial charge in [0, 0.05) is 5.92 Å². The van der Waals surface area contributed by atoms with Gasteiger partial charge in [-0.2, -0.15) is 5.26 Å². The topological polar surface area (TPSA) is 50.1 Å². The molecule has 0 aromatic heterocycles. The van der Waals surface area contributed by atoms with E-state index < -0.39 is 0 Å². The Kier molecular flexibility index (Phi) is 2.19. The first-order valence-corrected chi connectivity index (χ1v) is 5.95. The van der Waals surface area contributed by atoms with Gasteiger partial charge in [0.25, 0.3) is 0 Å². The summed E-state index contributed by atoms with van der Waals surface area (Å²) in [7, 11) is 0. The van der Waals surface area contributed by atoms with E-state index >= 15 is 0 Å². The van der Waals surface area contributed by atoms with E-state index in [9.17, 15) is 4.79 Å². The van der Waals surface area contributed by atoms with Crippen molar-refractivity contribution in [3.05, 3.63) is 34.9 Å². The number of benzene rings is 1. The van der Waals surface area contributed by atoms with Crippen LogP contribution >= 0.6 is 0 Å². The molecule has 3 heteroatoms. The van der Waals surface area contributed by atoms with Gasteiger partial charge in [0.05, 0.1) is 24.2 Å². The summed E-state index contributed by atoms with van der Waals surface area (Å²) in [4.78, 5) is 11.7. The molecule has 1 fully saturated rings. The molecule has 0 N–H and O–H groups in total. The number of carbonyl (C=O) groups is 1. The molecule has 2 aliphatic rings. The molecule has 86 valence electrons. The minimum Gasteiger partial charge on any atom is -0.466 e. The fourth-order valence-corrected chi connectivity index (χ4v) is 3.04. The van der Waals surface area contributed by atoms with Gasteiger partial charge in [-0.1, -0.05) is 6.07 Å². The number of hydrogen-bond donors (Lipinski definition) is 0. The van der Waals surface area contributed by atoms with Crippen LogP contribution in [-0.4, -0.2) is 12.6 Å². The summed E-state index contributed by atoms with van der Waals surface area (Å²) in [5, 5.41) is 8.83. The monoisotopic (exact) mass is 227 g/mol. The van der Waals surface area contributed by atoms with Gasteiger partial charge in [-0.25, -0.2) is 0 Å². The van der Waals surface area contributed by atoms with Crippen LogP contribution < -0.4 is 0 Å². The van der Waals surface area contributed by atoms with Crippen LogP contribution in [-0.2, 0) is 16.0 Å². The number of hydrogen-bond acceptors (Lipinski definition) is 3. The number of carbonyl (C=O) groups excluding carboxylic acids is 1. The van der Waals surface area contributed by atoms with E-state index in [-0.39, 0.29) is 11.9 Å². The van der Waals surface area contributed by atoms with Crippen LogP contribution in [0.25, 0.3) is 0 Å². The Balaban J connectivity index is 1.83. The number of fused-ring (bicyclic) bond motifs is 3. The molecule has 0 aliphatic heterocycles. The van der Waals surface area contributed by atoms with Crippen molar-refractivity contribution in [3.8, 4) is 6.07 Å². The maximum absolute atomic E-state index is 11.7. The zero-order chi connectivity index (χ0) is 12.0. The maximum atomic E-state index is 11.7. The van der Waals surface area contributed by atoms with Crippen molar-refractivity contribution in [3.63, 3.8) is 0 Å². The van der Waals surface area contributed by atoms with Crippen LogP contribution in [0.3, 0.4) is 0 Å². The number of nitrogens with zero attached hydrogens (tertiary/aromatic N) is 1. The summed E-state index contributed by atoms with van der Waals surface area (Å²) in [6.45, 7) is 2.29. The van der Waals surface area contributed by atoms with Crippen molar-refractivity contribution in [2.45, 2.75) is 19.3 Å². The lowest BCUT2D eigenvalue weighted by molar-refractivity contribution is -0.145. The Labute approximate surface area is 100 Å². The van der Waals surface area contributed by atoms with Crippen LogP contribution in [0, 0.1) is 23.2 Å². The summed E-state index contributed by atoms with van der Waals surface area (Å²) in [6.07, 6.45) is 0.916. The van der Waals surface area contributed by atoms with Crippen molar-refractivity contribution in [1.29, 1.82) is 5.26 Å². The molecule has 3 rings (SSSR count). The normalized spacial score (nSPS) is 27.9. The summed E-state index contributed by atoms with van der Waals surface area (Å²) >= 11 is 0. The van der Waals surface area contributed by atoms with Gasteiger partial charge in [-0.15, -0.1) is 0 Å². The fourth-order valence-electron chi connectivity index (χ4n) is 3.04. The van der Waals surface area contributed by atoms with Crippen molar-refractivity contribution >= 4 is 5.97 Å². The molecule has 1 unspecified atom stereocenters. The molecule has 2 aliphatic carbocycles. The Hall–Kier alpha value is -1.82. The van der Waals surface area contributed by atoms with Crippen molar-refractivity contribution in [1.82, 2.24) is 0 Å². The first kappa shape index (κ1) is 10.3. The lowest BCUT2D eigenvalue weighted by Gasteiger charge is -2.07. The summed E-state index contributed by atoms with van der Waals surface area (Å²) in [6, 6.07) is 7.93. The van der Waals surface area contributed by atoms with E-state index in [1.165, 1.54) is 11.1 Å². The van der Waals surface area contributed by atoms with Gasteiger partial charge < -0.3 is 4.74 Å². The lowest BCUT2D eigenvalue weighted by atomic mass is 10.00. The molecule has 17 heavy (non-hydrogen) atoms. The van der Waals surface area contributed by atoms with Crippen LogP contribution in [0.5, 0.6) is 0 Å². The summed E-state index contributed by atoms with van der Waals surface area (Å²) < 4.78 is 5.07. The van der Waals surface area contributed by atoms with E-state index in [1.807, 2.05) is 25.1 Å². The third-order valence-electron chi connectivity index (χ3n) is 3.81. The van der Waals surface area contributed by atoms with Gasteiger partial charge in [0.1, 0.15) is 0 Å². The molecule has 0 radical (unpaired) electrons. The maximum Gasteiger partial charge on any atom is 0.309 e. The van der Waals surface area contributed by atoms with E-state index in [0.717, 1.165) is 6.42 Å². The van der Waals surface area contributed by atoms with Gasteiger partial charge in [-0.3, -0.25) is 4.79 Å². The second-order valence-corrected chi connectivity index (χ2v) is 4.70. The van der Waals surface area contributed by atoms with Crippen LogP contribution in [0.4, 0.5) is 0 Å². The third-order valence-corrected chi connectivity index (χ3v) is 3.81. The molecule has 0 bridgehead atoms.